The predicted molar refractivity (Wildman–Crippen MR) is 79.0 cm³/mol. The van der Waals surface area contributed by atoms with Crippen molar-refractivity contribution in [3.63, 3.8) is 0 Å². The fourth-order valence-corrected chi connectivity index (χ4v) is 2.08. The van der Waals surface area contributed by atoms with Gasteiger partial charge in [0.25, 0.3) is 5.91 Å². The Morgan fingerprint density at radius 2 is 2.15 bits per heavy atom. The maximum atomic E-state index is 11.8. The van der Waals surface area contributed by atoms with Crippen LogP contribution in [0.3, 0.4) is 0 Å². The number of aryl methyl sites for hydroxylation is 1. The molecule has 7 heteroatoms. The second-order valence-corrected chi connectivity index (χ2v) is 4.83. The zero-order chi connectivity index (χ0) is 14.5. The van der Waals surface area contributed by atoms with Crippen LogP contribution in [0.1, 0.15) is 16.1 Å². The standard InChI is InChI=1S/C13H13BrN4O2/c1-18-8-11(14)12(17-18)13(19)16-15-7-9-3-5-10(20-2)6-4-9/h3-8H,1-2H3,(H,16,19). The average molecular weight is 337 g/mol. The number of hydrazone groups is 1. The molecule has 0 bridgehead atoms. The third-order valence-corrected chi connectivity index (χ3v) is 3.08. The Kier molecular flexibility index (Phi) is 4.52. The monoisotopic (exact) mass is 336 g/mol. The molecule has 0 aliphatic heterocycles. The second kappa shape index (κ2) is 6.33. The van der Waals surface area contributed by atoms with Crippen molar-refractivity contribution in [1.29, 1.82) is 0 Å². The number of nitrogens with one attached hydrogen (secondary N) is 1. The van der Waals surface area contributed by atoms with Gasteiger partial charge in [0, 0.05) is 13.2 Å². The third kappa shape index (κ3) is 3.45. The second-order valence-electron chi connectivity index (χ2n) is 3.97. The lowest BCUT2D eigenvalue weighted by molar-refractivity contribution is 0.0948. The van der Waals surface area contributed by atoms with Gasteiger partial charge in [-0.05, 0) is 45.8 Å². The van der Waals surface area contributed by atoms with Gasteiger partial charge >= 0.3 is 0 Å². The maximum absolute atomic E-state index is 11.8. The maximum Gasteiger partial charge on any atom is 0.293 e. The van der Waals surface area contributed by atoms with Crippen LogP contribution in [0.2, 0.25) is 0 Å². The number of hydrogen-bond donors (Lipinski definition) is 1. The molecule has 1 aromatic carbocycles. The Morgan fingerprint density at radius 1 is 1.45 bits per heavy atom. The summed E-state index contributed by atoms with van der Waals surface area (Å²) in [5, 5.41) is 7.91. The van der Waals surface area contributed by atoms with Gasteiger partial charge in [0.05, 0.1) is 17.8 Å². The Labute approximate surface area is 124 Å². The van der Waals surface area contributed by atoms with Crippen LogP contribution in [0.4, 0.5) is 0 Å². The smallest absolute Gasteiger partial charge is 0.293 e. The molecule has 1 N–H and O–H groups in total. The summed E-state index contributed by atoms with van der Waals surface area (Å²) in [6, 6.07) is 7.31. The molecule has 0 fully saturated rings. The minimum atomic E-state index is -0.373. The molecule has 0 spiro atoms. The third-order valence-electron chi connectivity index (χ3n) is 2.49. The van der Waals surface area contributed by atoms with Crippen LogP contribution in [0.5, 0.6) is 5.75 Å². The van der Waals surface area contributed by atoms with Gasteiger partial charge < -0.3 is 4.74 Å². The van der Waals surface area contributed by atoms with Gasteiger partial charge in [-0.25, -0.2) is 5.43 Å². The van der Waals surface area contributed by atoms with Crippen LogP contribution in [-0.4, -0.2) is 29.0 Å². The van der Waals surface area contributed by atoms with E-state index in [0.29, 0.717) is 10.2 Å². The number of carbonyl (C=O) groups excluding carboxylic acids is 1. The Morgan fingerprint density at radius 3 is 2.70 bits per heavy atom. The van der Waals surface area contributed by atoms with Crippen LogP contribution in [0.25, 0.3) is 0 Å². The van der Waals surface area contributed by atoms with Gasteiger partial charge in [0.2, 0.25) is 0 Å². The van der Waals surface area contributed by atoms with E-state index in [1.807, 2.05) is 24.3 Å². The first-order valence-corrected chi connectivity index (χ1v) is 6.56. The number of methoxy groups -OCH3 is 1. The zero-order valence-corrected chi connectivity index (χ0v) is 12.6. The molecule has 1 aromatic heterocycles. The lowest BCUT2D eigenvalue weighted by Crippen LogP contribution is -2.18. The predicted octanol–water partition coefficient (Wildman–Crippen LogP) is 1.96. The van der Waals surface area contributed by atoms with Crippen molar-refractivity contribution in [2.24, 2.45) is 12.1 Å². The van der Waals surface area contributed by atoms with E-state index in [9.17, 15) is 4.79 Å². The quantitative estimate of drug-likeness (QED) is 0.685. The molecule has 6 nitrogen and oxygen atoms in total. The molecule has 0 atom stereocenters. The fourth-order valence-electron chi connectivity index (χ4n) is 1.52. The molecule has 0 aliphatic carbocycles. The number of carbonyl (C=O) groups is 1. The Balaban J connectivity index is 1.98. The number of ether oxygens (including phenoxy) is 1. The highest BCUT2D eigenvalue weighted by Crippen LogP contribution is 2.13. The van der Waals surface area contributed by atoms with E-state index in [1.165, 1.54) is 0 Å². The van der Waals surface area contributed by atoms with Crippen LogP contribution < -0.4 is 10.2 Å². The van der Waals surface area contributed by atoms with Crippen molar-refractivity contribution >= 4 is 28.1 Å². The van der Waals surface area contributed by atoms with E-state index in [-0.39, 0.29) is 5.91 Å². The van der Waals surface area contributed by atoms with Crippen molar-refractivity contribution in [1.82, 2.24) is 15.2 Å². The van der Waals surface area contributed by atoms with Crippen LogP contribution >= 0.6 is 15.9 Å². The molecule has 1 heterocycles. The summed E-state index contributed by atoms with van der Waals surface area (Å²) in [6.45, 7) is 0. The molecular formula is C13H13BrN4O2. The number of rotatable bonds is 4. The highest BCUT2D eigenvalue weighted by atomic mass is 79.9. The van der Waals surface area contributed by atoms with Gasteiger partial charge in [0.15, 0.2) is 5.69 Å². The summed E-state index contributed by atoms with van der Waals surface area (Å²) in [5.74, 6) is 0.394. The fraction of sp³-hybridized carbons (Fsp3) is 0.154. The van der Waals surface area contributed by atoms with Gasteiger partial charge in [-0.15, -0.1) is 0 Å². The van der Waals surface area contributed by atoms with E-state index in [0.717, 1.165) is 11.3 Å². The zero-order valence-electron chi connectivity index (χ0n) is 11.0. The molecule has 0 radical (unpaired) electrons. The average Bonchev–Trinajstić information content (AvgIpc) is 2.78. The number of benzene rings is 1. The summed E-state index contributed by atoms with van der Waals surface area (Å²) in [5.41, 5.74) is 3.57. The summed E-state index contributed by atoms with van der Waals surface area (Å²) in [6.07, 6.45) is 3.25. The van der Waals surface area contributed by atoms with Gasteiger partial charge in [-0.3, -0.25) is 9.48 Å². The highest BCUT2D eigenvalue weighted by molar-refractivity contribution is 9.10. The highest BCUT2D eigenvalue weighted by Gasteiger charge is 2.13. The van der Waals surface area contributed by atoms with Gasteiger partial charge in [0.1, 0.15) is 5.75 Å². The summed E-state index contributed by atoms with van der Waals surface area (Å²) >= 11 is 3.26. The van der Waals surface area contributed by atoms with Crippen molar-refractivity contribution in [2.75, 3.05) is 7.11 Å². The van der Waals surface area contributed by atoms with Crippen molar-refractivity contribution < 1.29 is 9.53 Å². The molecule has 1 amide bonds. The van der Waals surface area contributed by atoms with Gasteiger partial charge in [-0.2, -0.15) is 10.2 Å². The van der Waals surface area contributed by atoms with E-state index < -0.39 is 0 Å². The molecule has 2 aromatic rings. The van der Waals surface area contributed by atoms with E-state index in [4.69, 9.17) is 4.74 Å². The van der Waals surface area contributed by atoms with Crippen molar-refractivity contribution in [3.8, 4) is 5.75 Å². The number of halogens is 1. The normalized spacial score (nSPS) is 10.8. The lowest BCUT2D eigenvalue weighted by Gasteiger charge is -1.99. The minimum absolute atomic E-state index is 0.291. The van der Waals surface area contributed by atoms with Gasteiger partial charge in [-0.1, -0.05) is 0 Å². The number of hydrogen-bond acceptors (Lipinski definition) is 4. The molecule has 2 rings (SSSR count). The first-order valence-electron chi connectivity index (χ1n) is 5.77. The van der Waals surface area contributed by atoms with Crippen LogP contribution in [0, 0.1) is 0 Å². The number of aromatic nitrogens is 2. The first kappa shape index (κ1) is 14.3. The largest absolute Gasteiger partial charge is 0.497 e. The minimum Gasteiger partial charge on any atom is -0.497 e. The molecule has 0 saturated heterocycles. The number of amides is 1. The van der Waals surface area contributed by atoms with Crippen molar-refractivity contribution in [3.05, 3.63) is 46.2 Å². The molecule has 20 heavy (non-hydrogen) atoms. The topological polar surface area (TPSA) is 68.5 Å². The van der Waals surface area contributed by atoms with E-state index in [1.54, 1.807) is 31.3 Å². The Hall–Kier alpha value is -2.15. The molecule has 104 valence electrons. The van der Waals surface area contributed by atoms with Crippen LogP contribution in [0.15, 0.2) is 40.0 Å². The molecular weight excluding hydrogens is 324 g/mol. The van der Waals surface area contributed by atoms with E-state index >= 15 is 0 Å². The Bertz CT molecular complexity index is 634. The number of nitrogens with zero attached hydrogens (tertiary/aromatic N) is 3. The van der Waals surface area contributed by atoms with E-state index in [2.05, 4.69) is 31.6 Å². The molecule has 0 aliphatic rings. The molecule has 0 saturated carbocycles. The SMILES string of the molecule is COc1ccc(C=NNC(=O)c2nn(C)cc2Br)cc1. The lowest BCUT2D eigenvalue weighted by atomic mass is 10.2. The van der Waals surface area contributed by atoms with Crippen molar-refractivity contribution in [2.45, 2.75) is 0 Å². The molecule has 0 unspecified atom stereocenters. The summed E-state index contributed by atoms with van der Waals surface area (Å²) in [7, 11) is 3.34. The summed E-state index contributed by atoms with van der Waals surface area (Å²) < 4.78 is 7.23. The first-order chi connectivity index (χ1) is 9.60. The van der Waals surface area contributed by atoms with Crippen LogP contribution in [-0.2, 0) is 7.05 Å². The summed E-state index contributed by atoms with van der Waals surface area (Å²) in [4.78, 5) is 11.8.